The number of allylic oxidation sites excluding steroid dienone is 4. The zero-order chi connectivity index (χ0) is 28.7. The van der Waals surface area contributed by atoms with Crippen LogP contribution in [0, 0.1) is 0 Å². The van der Waals surface area contributed by atoms with Gasteiger partial charge in [0.1, 0.15) is 6.10 Å². The predicted molar refractivity (Wildman–Crippen MR) is 167 cm³/mol. The van der Waals surface area contributed by atoms with Gasteiger partial charge in [-0.1, -0.05) is 141 Å². The van der Waals surface area contributed by atoms with E-state index < -0.39 is 5.97 Å². The van der Waals surface area contributed by atoms with Crippen molar-refractivity contribution < 1.29 is 19.4 Å². The third-order valence-electron chi connectivity index (χ3n) is 7.09. The number of rotatable bonds is 29. The topological polar surface area (TPSA) is 63.6 Å². The highest BCUT2D eigenvalue weighted by molar-refractivity contribution is 5.69. The molecule has 0 aliphatic heterocycles. The van der Waals surface area contributed by atoms with E-state index in [1.54, 1.807) is 0 Å². The van der Waals surface area contributed by atoms with E-state index in [-0.39, 0.29) is 18.5 Å². The van der Waals surface area contributed by atoms with E-state index in [2.05, 4.69) is 38.2 Å². The van der Waals surface area contributed by atoms with Crippen LogP contribution in [-0.2, 0) is 14.3 Å². The summed E-state index contributed by atoms with van der Waals surface area (Å²) in [6, 6.07) is 0. The van der Waals surface area contributed by atoms with Crippen LogP contribution in [0.4, 0.5) is 0 Å². The van der Waals surface area contributed by atoms with Crippen LogP contribution >= 0.6 is 0 Å². The Kier molecular flexibility index (Phi) is 29.2. The third kappa shape index (κ3) is 30.6. The lowest BCUT2D eigenvalue weighted by Crippen LogP contribution is -2.13. The van der Waals surface area contributed by atoms with Crippen molar-refractivity contribution in [3.8, 4) is 0 Å². The molecule has 0 aliphatic rings. The van der Waals surface area contributed by atoms with Crippen molar-refractivity contribution in [2.45, 2.75) is 174 Å². The number of esters is 1. The highest BCUT2D eigenvalue weighted by Gasteiger charge is 2.08. The fourth-order valence-electron chi connectivity index (χ4n) is 4.67. The van der Waals surface area contributed by atoms with Gasteiger partial charge < -0.3 is 9.84 Å². The molecule has 0 amide bonds. The molecule has 0 aliphatic carbocycles. The van der Waals surface area contributed by atoms with Crippen molar-refractivity contribution in [3.05, 3.63) is 36.5 Å². The molecular weight excluding hydrogens is 484 g/mol. The maximum Gasteiger partial charge on any atom is 0.306 e. The van der Waals surface area contributed by atoms with Crippen LogP contribution in [0.1, 0.15) is 168 Å². The lowest BCUT2D eigenvalue weighted by Gasteiger charge is -2.11. The average molecular weight is 547 g/mol. The molecule has 0 saturated carbocycles. The van der Waals surface area contributed by atoms with Gasteiger partial charge in [-0.05, 0) is 50.7 Å². The standard InChI is InChI=1S/C35H62O4/c1-3-5-7-9-10-11-12-13-14-15-16-20-24-28-32-35(38)39-33(29-25-21-8-6-4-2)30-26-22-18-17-19-23-27-31-34(36)37/h6,8,25-26,29-30,33H,3-5,7,9-24,27-28,31-32H2,1-2H3,(H,36,37)/b8-6-,29-25-,30-26-/t33-/m0/s1. The van der Waals surface area contributed by atoms with E-state index in [0.717, 1.165) is 64.2 Å². The summed E-state index contributed by atoms with van der Waals surface area (Å²) < 4.78 is 5.76. The number of carboxylic acids is 1. The van der Waals surface area contributed by atoms with E-state index in [4.69, 9.17) is 9.84 Å². The smallest absolute Gasteiger partial charge is 0.306 e. The molecule has 0 saturated heterocycles. The van der Waals surface area contributed by atoms with Gasteiger partial charge in [0.25, 0.3) is 0 Å². The number of hydrogen-bond acceptors (Lipinski definition) is 3. The number of carbonyl (C=O) groups excluding carboxylic acids is 1. The van der Waals surface area contributed by atoms with Gasteiger partial charge in [0, 0.05) is 12.8 Å². The quantitative estimate of drug-likeness (QED) is 0.0575. The molecule has 4 nitrogen and oxygen atoms in total. The Balaban J connectivity index is 4.01. The largest absolute Gasteiger partial charge is 0.481 e. The lowest BCUT2D eigenvalue weighted by atomic mass is 10.0. The second kappa shape index (κ2) is 30.7. The summed E-state index contributed by atoms with van der Waals surface area (Å²) in [6.45, 7) is 4.40. The van der Waals surface area contributed by atoms with Crippen LogP contribution in [-0.4, -0.2) is 23.1 Å². The van der Waals surface area contributed by atoms with Gasteiger partial charge in [0.05, 0.1) is 0 Å². The zero-order valence-corrected chi connectivity index (χ0v) is 25.7. The minimum absolute atomic E-state index is 0.101. The summed E-state index contributed by atoms with van der Waals surface area (Å²) in [5.74, 6) is -0.808. The van der Waals surface area contributed by atoms with E-state index in [9.17, 15) is 9.59 Å². The summed E-state index contributed by atoms with van der Waals surface area (Å²) in [5.41, 5.74) is 0. The molecule has 0 aromatic carbocycles. The second-order valence-corrected chi connectivity index (χ2v) is 11.0. The van der Waals surface area contributed by atoms with Crippen LogP contribution in [0.3, 0.4) is 0 Å². The summed E-state index contributed by atoms with van der Waals surface area (Å²) in [4.78, 5) is 23.0. The number of carbonyl (C=O) groups is 2. The van der Waals surface area contributed by atoms with Gasteiger partial charge >= 0.3 is 11.9 Å². The molecule has 0 fully saturated rings. The molecule has 1 N–H and O–H groups in total. The van der Waals surface area contributed by atoms with Gasteiger partial charge in [-0.25, -0.2) is 0 Å². The van der Waals surface area contributed by atoms with Crippen molar-refractivity contribution in [3.63, 3.8) is 0 Å². The maximum absolute atomic E-state index is 12.4. The van der Waals surface area contributed by atoms with Crippen LogP contribution in [0.2, 0.25) is 0 Å². The SMILES string of the molecule is CC/C=C\C/C=C\[C@@H](/C=C\CCCCCCCC(=O)O)OC(=O)CCCCCCCCCCCCCCCC. The Morgan fingerprint density at radius 3 is 1.62 bits per heavy atom. The molecule has 0 rings (SSSR count). The van der Waals surface area contributed by atoms with E-state index in [1.165, 1.54) is 77.0 Å². The van der Waals surface area contributed by atoms with E-state index >= 15 is 0 Å². The number of aliphatic carboxylic acids is 1. The highest BCUT2D eigenvalue weighted by Crippen LogP contribution is 2.14. The zero-order valence-electron chi connectivity index (χ0n) is 25.7. The van der Waals surface area contributed by atoms with Gasteiger partial charge in [0.2, 0.25) is 0 Å². The lowest BCUT2D eigenvalue weighted by molar-refractivity contribution is -0.145. The molecule has 0 spiro atoms. The highest BCUT2D eigenvalue weighted by atomic mass is 16.5. The van der Waals surface area contributed by atoms with Crippen molar-refractivity contribution >= 4 is 11.9 Å². The molecular formula is C35H62O4. The van der Waals surface area contributed by atoms with Gasteiger partial charge in [-0.2, -0.15) is 0 Å². The first kappa shape index (κ1) is 37.2. The van der Waals surface area contributed by atoms with Crippen molar-refractivity contribution in [2.75, 3.05) is 0 Å². The normalized spacial score (nSPS) is 12.7. The predicted octanol–water partition coefficient (Wildman–Crippen LogP) is 11.1. The Morgan fingerprint density at radius 1 is 0.590 bits per heavy atom. The Morgan fingerprint density at radius 2 is 1.08 bits per heavy atom. The summed E-state index contributed by atoms with van der Waals surface area (Å²) in [5, 5.41) is 8.69. The third-order valence-corrected chi connectivity index (χ3v) is 7.09. The number of carboxylic acid groups (broad SMARTS) is 1. The van der Waals surface area contributed by atoms with Crippen LogP contribution in [0.25, 0.3) is 0 Å². The fourth-order valence-corrected chi connectivity index (χ4v) is 4.67. The fraction of sp³-hybridized carbons (Fsp3) is 0.771. The Labute approximate surface area is 241 Å². The summed E-state index contributed by atoms with van der Waals surface area (Å²) in [6.07, 6.45) is 39.1. The first-order valence-corrected chi connectivity index (χ1v) is 16.5. The molecule has 39 heavy (non-hydrogen) atoms. The molecule has 1 atom stereocenters. The molecule has 0 aromatic rings. The molecule has 0 aromatic heterocycles. The minimum atomic E-state index is -0.707. The number of ether oxygens (including phenoxy) is 1. The molecule has 226 valence electrons. The van der Waals surface area contributed by atoms with Gasteiger partial charge in [-0.3, -0.25) is 9.59 Å². The minimum Gasteiger partial charge on any atom is -0.481 e. The first-order chi connectivity index (χ1) is 19.1. The second-order valence-electron chi connectivity index (χ2n) is 11.0. The van der Waals surface area contributed by atoms with Crippen molar-refractivity contribution in [1.82, 2.24) is 0 Å². The molecule has 4 heteroatoms. The van der Waals surface area contributed by atoms with Crippen molar-refractivity contribution in [1.29, 1.82) is 0 Å². The molecule has 0 unspecified atom stereocenters. The number of unbranched alkanes of at least 4 members (excludes halogenated alkanes) is 18. The monoisotopic (exact) mass is 546 g/mol. The van der Waals surface area contributed by atoms with Gasteiger partial charge in [0.15, 0.2) is 0 Å². The molecule has 0 bridgehead atoms. The molecule has 0 heterocycles. The van der Waals surface area contributed by atoms with E-state index in [0.29, 0.717) is 6.42 Å². The van der Waals surface area contributed by atoms with Crippen LogP contribution in [0.5, 0.6) is 0 Å². The number of hydrogen-bond donors (Lipinski definition) is 1. The van der Waals surface area contributed by atoms with E-state index in [1.807, 2.05) is 12.2 Å². The van der Waals surface area contributed by atoms with Crippen LogP contribution < -0.4 is 0 Å². The molecule has 0 radical (unpaired) electrons. The van der Waals surface area contributed by atoms with Crippen molar-refractivity contribution in [2.24, 2.45) is 0 Å². The van der Waals surface area contributed by atoms with Crippen LogP contribution in [0.15, 0.2) is 36.5 Å². The maximum atomic E-state index is 12.4. The van der Waals surface area contributed by atoms with Gasteiger partial charge in [-0.15, -0.1) is 0 Å². The summed E-state index contributed by atoms with van der Waals surface area (Å²) >= 11 is 0. The Hall–Kier alpha value is -1.84. The first-order valence-electron chi connectivity index (χ1n) is 16.5. The Bertz CT molecular complexity index is 635. The average Bonchev–Trinajstić information content (AvgIpc) is 2.91. The summed E-state index contributed by atoms with van der Waals surface area (Å²) in [7, 11) is 0.